The summed E-state index contributed by atoms with van der Waals surface area (Å²) in [5.74, 6) is 0.720. The van der Waals surface area contributed by atoms with E-state index >= 15 is 0 Å². The molecule has 1 rings (SSSR count). The molecule has 0 unspecified atom stereocenters. The zero-order chi connectivity index (χ0) is 11.1. The van der Waals surface area contributed by atoms with Crippen molar-refractivity contribution in [3.8, 4) is 0 Å². The summed E-state index contributed by atoms with van der Waals surface area (Å²) in [7, 11) is 1.68. The minimum atomic E-state index is 0.584. The van der Waals surface area contributed by atoms with Crippen molar-refractivity contribution in [1.29, 1.82) is 0 Å². The van der Waals surface area contributed by atoms with Crippen molar-refractivity contribution in [1.82, 2.24) is 9.97 Å². The molecule has 0 saturated carbocycles. The van der Waals surface area contributed by atoms with Gasteiger partial charge in [-0.25, -0.2) is 9.97 Å². The Morgan fingerprint density at radius 2 is 2.27 bits per heavy atom. The molecule has 0 atom stereocenters. The molecule has 0 aliphatic rings. The Balaban J connectivity index is 2.69. The summed E-state index contributed by atoms with van der Waals surface area (Å²) < 4.78 is 5.03. The molecule has 0 aliphatic carbocycles. The number of hydrogen-bond acceptors (Lipinski definition) is 5. The van der Waals surface area contributed by atoms with Crippen LogP contribution < -0.4 is 10.6 Å². The maximum atomic E-state index is 5.54. The summed E-state index contributed by atoms with van der Waals surface area (Å²) in [6.07, 6.45) is 1.76. The summed E-state index contributed by atoms with van der Waals surface area (Å²) in [4.78, 5) is 10.6. The Hall–Kier alpha value is -1.20. The molecule has 0 fully saturated rings. The number of rotatable bonds is 6. The normalized spacial score (nSPS) is 10.3. The summed E-state index contributed by atoms with van der Waals surface area (Å²) in [6, 6.07) is 1.88. The first-order chi connectivity index (χ1) is 7.27. The lowest BCUT2D eigenvalue weighted by molar-refractivity contribution is 0.205. The third-order valence-electron chi connectivity index (χ3n) is 2.03. The third kappa shape index (κ3) is 3.81. The van der Waals surface area contributed by atoms with E-state index in [4.69, 9.17) is 10.5 Å². The van der Waals surface area contributed by atoms with Gasteiger partial charge < -0.3 is 15.4 Å². The summed E-state index contributed by atoms with van der Waals surface area (Å²) in [5, 5.41) is 0. The fourth-order valence-corrected chi connectivity index (χ4v) is 1.26. The van der Waals surface area contributed by atoms with Crippen LogP contribution in [0.4, 0.5) is 5.95 Å². The molecule has 0 amide bonds. The topological polar surface area (TPSA) is 64.3 Å². The van der Waals surface area contributed by atoms with Gasteiger partial charge in [-0.2, -0.15) is 0 Å². The van der Waals surface area contributed by atoms with Crippen molar-refractivity contribution in [2.24, 2.45) is 5.73 Å². The predicted octanol–water partition coefficient (Wildman–Crippen LogP) is 0.197. The molecule has 0 aliphatic heterocycles. The average Bonchev–Trinajstić information content (AvgIpc) is 2.24. The van der Waals surface area contributed by atoms with Gasteiger partial charge in [0.25, 0.3) is 0 Å². The molecule has 0 saturated heterocycles. The minimum absolute atomic E-state index is 0.584. The molecule has 0 radical (unpaired) electrons. The van der Waals surface area contributed by atoms with Gasteiger partial charge >= 0.3 is 0 Å². The fourth-order valence-electron chi connectivity index (χ4n) is 1.26. The molecular weight excluding hydrogens is 192 g/mol. The van der Waals surface area contributed by atoms with Crippen LogP contribution in [0.25, 0.3) is 0 Å². The standard InChI is InChI=1S/C10H18N4O/c1-9-3-5-12-10(13-9)14(6-4-11)7-8-15-2/h3,5H,4,6-8,11H2,1-2H3. The molecule has 0 spiro atoms. The molecule has 84 valence electrons. The van der Waals surface area contributed by atoms with Crippen molar-refractivity contribution < 1.29 is 4.74 Å². The monoisotopic (exact) mass is 210 g/mol. The van der Waals surface area contributed by atoms with E-state index in [9.17, 15) is 0 Å². The largest absolute Gasteiger partial charge is 0.383 e. The van der Waals surface area contributed by atoms with E-state index in [0.29, 0.717) is 13.2 Å². The zero-order valence-corrected chi connectivity index (χ0v) is 9.31. The highest BCUT2D eigenvalue weighted by Crippen LogP contribution is 2.05. The van der Waals surface area contributed by atoms with Crippen molar-refractivity contribution in [2.75, 3.05) is 38.3 Å². The number of ether oxygens (including phenoxy) is 1. The Morgan fingerprint density at radius 3 is 2.87 bits per heavy atom. The second-order valence-electron chi connectivity index (χ2n) is 3.27. The zero-order valence-electron chi connectivity index (χ0n) is 9.31. The lowest BCUT2D eigenvalue weighted by Crippen LogP contribution is -2.33. The minimum Gasteiger partial charge on any atom is -0.383 e. The smallest absolute Gasteiger partial charge is 0.225 e. The van der Waals surface area contributed by atoms with Gasteiger partial charge in [-0.3, -0.25) is 0 Å². The maximum absolute atomic E-state index is 5.54. The van der Waals surface area contributed by atoms with Crippen LogP contribution in [0.15, 0.2) is 12.3 Å². The Morgan fingerprint density at radius 1 is 1.47 bits per heavy atom. The molecule has 0 aromatic carbocycles. The van der Waals surface area contributed by atoms with E-state index in [1.807, 2.05) is 17.9 Å². The second kappa shape index (κ2) is 6.31. The van der Waals surface area contributed by atoms with E-state index in [0.717, 1.165) is 24.7 Å². The van der Waals surface area contributed by atoms with Gasteiger partial charge in [0.15, 0.2) is 0 Å². The Kier molecular flexibility index (Phi) is 5.00. The van der Waals surface area contributed by atoms with E-state index in [1.165, 1.54) is 0 Å². The number of anilines is 1. The number of nitrogens with zero attached hydrogens (tertiary/aromatic N) is 3. The van der Waals surface area contributed by atoms with E-state index < -0.39 is 0 Å². The highest BCUT2D eigenvalue weighted by molar-refractivity contribution is 5.29. The molecular formula is C10H18N4O. The van der Waals surface area contributed by atoms with Gasteiger partial charge in [-0.1, -0.05) is 0 Å². The van der Waals surface area contributed by atoms with Crippen molar-refractivity contribution in [3.05, 3.63) is 18.0 Å². The second-order valence-corrected chi connectivity index (χ2v) is 3.27. The first kappa shape index (κ1) is 11.9. The lowest BCUT2D eigenvalue weighted by atomic mass is 10.4. The number of methoxy groups -OCH3 is 1. The van der Waals surface area contributed by atoms with Gasteiger partial charge in [0, 0.05) is 38.6 Å². The van der Waals surface area contributed by atoms with Gasteiger partial charge in [-0.15, -0.1) is 0 Å². The molecule has 1 aromatic rings. The molecule has 1 heterocycles. The molecule has 15 heavy (non-hydrogen) atoms. The Labute approximate surface area is 90.3 Å². The van der Waals surface area contributed by atoms with Crippen molar-refractivity contribution in [3.63, 3.8) is 0 Å². The summed E-state index contributed by atoms with van der Waals surface area (Å²) in [5.41, 5.74) is 6.50. The van der Waals surface area contributed by atoms with Crippen LogP contribution in [0.3, 0.4) is 0 Å². The van der Waals surface area contributed by atoms with Crippen molar-refractivity contribution >= 4 is 5.95 Å². The van der Waals surface area contributed by atoms with Gasteiger partial charge in [-0.05, 0) is 13.0 Å². The van der Waals surface area contributed by atoms with E-state index in [2.05, 4.69) is 9.97 Å². The maximum Gasteiger partial charge on any atom is 0.225 e. The van der Waals surface area contributed by atoms with Gasteiger partial charge in [0.05, 0.1) is 6.61 Å². The molecule has 0 bridgehead atoms. The van der Waals surface area contributed by atoms with Crippen LogP contribution in [0, 0.1) is 6.92 Å². The highest BCUT2D eigenvalue weighted by atomic mass is 16.5. The number of hydrogen-bond donors (Lipinski definition) is 1. The third-order valence-corrected chi connectivity index (χ3v) is 2.03. The Bertz CT molecular complexity index is 293. The number of nitrogens with two attached hydrogens (primary N) is 1. The fraction of sp³-hybridized carbons (Fsp3) is 0.600. The molecule has 2 N–H and O–H groups in total. The summed E-state index contributed by atoms with van der Waals surface area (Å²) >= 11 is 0. The van der Waals surface area contributed by atoms with Crippen LogP contribution >= 0.6 is 0 Å². The van der Waals surface area contributed by atoms with Crippen molar-refractivity contribution in [2.45, 2.75) is 6.92 Å². The molecule has 5 heteroatoms. The molecule has 5 nitrogen and oxygen atoms in total. The van der Waals surface area contributed by atoms with Gasteiger partial charge in [0.2, 0.25) is 5.95 Å². The quantitative estimate of drug-likeness (QED) is 0.726. The van der Waals surface area contributed by atoms with E-state index in [-0.39, 0.29) is 0 Å². The highest BCUT2D eigenvalue weighted by Gasteiger charge is 2.07. The SMILES string of the molecule is COCCN(CCN)c1nccc(C)n1. The molecule has 1 aromatic heterocycles. The lowest BCUT2D eigenvalue weighted by Gasteiger charge is -2.21. The predicted molar refractivity (Wildman–Crippen MR) is 59.9 cm³/mol. The number of aryl methyl sites for hydroxylation is 1. The first-order valence-electron chi connectivity index (χ1n) is 5.01. The first-order valence-corrected chi connectivity index (χ1v) is 5.01. The van der Waals surface area contributed by atoms with Crippen LogP contribution in [0.5, 0.6) is 0 Å². The van der Waals surface area contributed by atoms with Crippen LogP contribution in [0.2, 0.25) is 0 Å². The average molecular weight is 210 g/mol. The van der Waals surface area contributed by atoms with E-state index in [1.54, 1.807) is 13.3 Å². The van der Waals surface area contributed by atoms with Gasteiger partial charge in [0.1, 0.15) is 0 Å². The number of aromatic nitrogens is 2. The van der Waals surface area contributed by atoms with Crippen LogP contribution in [-0.2, 0) is 4.74 Å². The van der Waals surface area contributed by atoms with Crippen LogP contribution in [-0.4, -0.2) is 43.3 Å². The summed E-state index contributed by atoms with van der Waals surface area (Å²) in [6.45, 7) is 4.68. The van der Waals surface area contributed by atoms with Crippen LogP contribution in [0.1, 0.15) is 5.69 Å².